The largest absolute Gasteiger partial charge is 0.0851 e. The highest BCUT2D eigenvalue weighted by molar-refractivity contribution is 5.87. The van der Waals surface area contributed by atoms with Crippen LogP contribution in [0.15, 0.2) is 42.5 Å². The summed E-state index contributed by atoms with van der Waals surface area (Å²) in [6, 6.07) is 12.0. The normalized spacial score (nSPS) is 30.4. The number of rotatable bonds is 3. The molecule has 2 aromatic carbocycles. The van der Waals surface area contributed by atoms with Gasteiger partial charge >= 0.3 is 0 Å². The van der Waals surface area contributed by atoms with Crippen molar-refractivity contribution in [2.75, 3.05) is 0 Å². The van der Waals surface area contributed by atoms with E-state index >= 15 is 0 Å². The van der Waals surface area contributed by atoms with Gasteiger partial charge in [0.2, 0.25) is 0 Å². The number of hydrogen-bond donors (Lipinski definition) is 0. The van der Waals surface area contributed by atoms with E-state index in [1.54, 1.807) is 16.7 Å². The van der Waals surface area contributed by atoms with Gasteiger partial charge in [0, 0.05) is 0 Å². The zero-order valence-electron chi connectivity index (χ0n) is 14.9. The van der Waals surface area contributed by atoms with Crippen LogP contribution in [-0.4, -0.2) is 0 Å². The summed E-state index contributed by atoms with van der Waals surface area (Å²) in [5.41, 5.74) is 5.45. The van der Waals surface area contributed by atoms with Gasteiger partial charge in [-0.05, 0) is 89.7 Å². The van der Waals surface area contributed by atoms with Gasteiger partial charge in [0.15, 0.2) is 0 Å². The van der Waals surface area contributed by atoms with Crippen LogP contribution in [0.2, 0.25) is 0 Å². The molecule has 3 unspecified atom stereocenters. The molecule has 5 rings (SSSR count). The Morgan fingerprint density at radius 2 is 2.08 bits per heavy atom. The standard InChI is InChI=1S/C24H28/c1-2-3-5-18-6-4-7-20-13-21-16-24(11-10-19(21)14-23(18)20)15-17-8-9-22(24)12-17/h4,6-9,13-14,17,22H,2-3,5,10-12,15-16H2,1H3. The smallest absolute Gasteiger partial charge is 0.0149 e. The van der Waals surface area contributed by atoms with Crippen molar-refractivity contribution in [3.8, 4) is 0 Å². The molecule has 3 aliphatic rings. The lowest BCUT2D eigenvalue weighted by Crippen LogP contribution is -2.32. The fraction of sp³-hybridized carbons (Fsp3) is 0.500. The van der Waals surface area contributed by atoms with Crippen LogP contribution >= 0.6 is 0 Å². The molecular formula is C24H28. The summed E-state index contributed by atoms with van der Waals surface area (Å²) >= 11 is 0. The Labute approximate surface area is 146 Å². The first-order valence-electron chi connectivity index (χ1n) is 9.99. The number of hydrogen-bond acceptors (Lipinski definition) is 0. The molecule has 2 bridgehead atoms. The molecular weight excluding hydrogens is 288 g/mol. The number of aryl methyl sites for hydroxylation is 2. The van der Waals surface area contributed by atoms with Crippen LogP contribution in [0.3, 0.4) is 0 Å². The Morgan fingerprint density at radius 3 is 2.88 bits per heavy atom. The molecule has 2 aromatic rings. The summed E-state index contributed by atoms with van der Waals surface area (Å²) in [5.74, 6) is 1.75. The topological polar surface area (TPSA) is 0 Å². The van der Waals surface area contributed by atoms with Crippen LogP contribution in [0.5, 0.6) is 0 Å². The van der Waals surface area contributed by atoms with E-state index in [-0.39, 0.29) is 0 Å². The van der Waals surface area contributed by atoms with Crippen molar-refractivity contribution in [2.45, 2.75) is 58.3 Å². The van der Waals surface area contributed by atoms with Crippen molar-refractivity contribution in [3.63, 3.8) is 0 Å². The van der Waals surface area contributed by atoms with E-state index in [0.29, 0.717) is 5.41 Å². The van der Waals surface area contributed by atoms with Crippen LogP contribution in [0, 0.1) is 17.3 Å². The molecule has 0 N–H and O–H groups in total. The maximum absolute atomic E-state index is 2.55. The lowest BCUT2D eigenvalue weighted by Gasteiger charge is -2.40. The van der Waals surface area contributed by atoms with E-state index in [0.717, 1.165) is 11.8 Å². The molecule has 0 heterocycles. The van der Waals surface area contributed by atoms with Crippen molar-refractivity contribution in [3.05, 3.63) is 59.2 Å². The first-order chi connectivity index (χ1) is 11.8. The van der Waals surface area contributed by atoms with Crippen molar-refractivity contribution >= 4 is 10.8 Å². The zero-order valence-corrected chi connectivity index (χ0v) is 14.9. The highest BCUT2D eigenvalue weighted by Gasteiger charge is 2.49. The maximum atomic E-state index is 2.55. The van der Waals surface area contributed by atoms with Gasteiger partial charge in [-0.1, -0.05) is 55.8 Å². The minimum absolute atomic E-state index is 0.597. The van der Waals surface area contributed by atoms with E-state index < -0.39 is 0 Å². The second kappa shape index (κ2) is 5.48. The number of unbranched alkanes of at least 4 members (excludes halogenated alkanes) is 1. The van der Waals surface area contributed by atoms with E-state index in [2.05, 4.69) is 49.4 Å². The lowest BCUT2D eigenvalue weighted by molar-refractivity contribution is 0.195. The molecule has 124 valence electrons. The number of benzene rings is 2. The SMILES string of the molecule is CCCCc1cccc2cc3c(cc12)CCC1(C3)CC2C=CC1C2. The van der Waals surface area contributed by atoms with E-state index in [1.807, 2.05) is 0 Å². The minimum atomic E-state index is 0.597. The van der Waals surface area contributed by atoms with Crippen LogP contribution in [0.4, 0.5) is 0 Å². The van der Waals surface area contributed by atoms with Crippen molar-refractivity contribution in [1.29, 1.82) is 0 Å². The van der Waals surface area contributed by atoms with Gasteiger partial charge in [-0.2, -0.15) is 0 Å². The van der Waals surface area contributed by atoms with Gasteiger partial charge in [-0.3, -0.25) is 0 Å². The fourth-order valence-electron chi connectivity index (χ4n) is 5.86. The third-order valence-electron chi connectivity index (χ3n) is 7.15. The summed E-state index contributed by atoms with van der Waals surface area (Å²) in [6.07, 6.45) is 15.8. The average molecular weight is 316 g/mol. The van der Waals surface area contributed by atoms with Gasteiger partial charge in [-0.15, -0.1) is 0 Å². The molecule has 1 fully saturated rings. The highest BCUT2D eigenvalue weighted by atomic mass is 14.5. The van der Waals surface area contributed by atoms with Crippen LogP contribution in [-0.2, 0) is 19.3 Å². The highest BCUT2D eigenvalue weighted by Crippen LogP contribution is 2.57. The molecule has 0 saturated heterocycles. The molecule has 0 heteroatoms. The van der Waals surface area contributed by atoms with Gasteiger partial charge in [-0.25, -0.2) is 0 Å². The Morgan fingerprint density at radius 1 is 1.12 bits per heavy atom. The summed E-state index contributed by atoms with van der Waals surface area (Å²) in [4.78, 5) is 0. The van der Waals surface area contributed by atoms with Crippen molar-refractivity contribution < 1.29 is 0 Å². The number of fused-ring (bicyclic) bond motifs is 5. The molecule has 24 heavy (non-hydrogen) atoms. The third-order valence-corrected chi connectivity index (χ3v) is 7.15. The molecule has 0 amide bonds. The first-order valence-corrected chi connectivity index (χ1v) is 9.99. The van der Waals surface area contributed by atoms with Gasteiger partial charge < -0.3 is 0 Å². The summed E-state index contributed by atoms with van der Waals surface area (Å²) in [6.45, 7) is 2.29. The predicted molar refractivity (Wildman–Crippen MR) is 102 cm³/mol. The Kier molecular flexibility index (Phi) is 3.37. The second-order valence-corrected chi connectivity index (χ2v) is 8.59. The Balaban J connectivity index is 1.53. The maximum Gasteiger partial charge on any atom is -0.0149 e. The van der Waals surface area contributed by atoms with Gasteiger partial charge in [0.1, 0.15) is 0 Å². The predicted octanol–water partition coefficient (Wildman–Crippen LogP) is 6.25. The van der Waals surface area contributed by atoms with Gasteiger partial charge in [0.05, 0.1) is 0 Å². The molecule has 3 atom stereocenters. The Hall–Kier alpha value is -1.56. The lowest BCUT2D eigenvalue weighted by atomic mass is 9.64. The quantitative estimate of drug-likeness (QED) is 0.587. The zero-order chi connectivity index (χ0) is 16.1. The second-order valence-electron chi connectivity index (χ2n) is 8.59. The molecule has 3 aliphatic carbocycles. The Bertz CT molecular complexity index is 812. The van der Waals surface area contributed by atoms with Crippen LogP contribution in [0.1, 0.15) is 55.7 Å². The molecule has 0 radical (unpaired) electrons. The average Bonchev–Trinajstić information content (AvgIpc) is 3.19. The van der Waals surface area contributed by atoms with Crippen LogP contribution in [0.25, 0.3) is 10.8 Å². The molecule has 0 nitrogen and oxygen atoms in total. The molecule has 0 aromatic heterocycles. The first kappa shape index (κ1) is 14.8. The number of allylic oxidation sites excluding steroid dienone is 2. The van der Waals surface area contributed by atoms with E-state index in [1.165, 1.54) is 62.1 Å². The summed E-state index contributed by atoms with van der Waals surface area (Å²) < 4.78 is 0. The summed E-state index contributed by atoms with van der Waals surface area (Å²) in [5, 5.41) is 2.99. The van der Waals surface area contributed by atoms with E-state index in [9.17, 15) is 0 Å². The van der Waals surface area contributed by atoms with Crippen molar-refractivity contribution in [2.24, 2.45) is 17.3 Å². The monoisotopic (exact) mass is 316 g/mol. The molecule has 1 saturated carbocycles. The molecule has 1 spiro atoms. The summed E-state index contributed by atoms with van der Waals surface area (Å²) in [7, 11) is 0. The third kappa shape index (κ3) is 2.19. The van der Waals surface area contributed by atoms with E-state index in [4.69, 9.17) is 0 Å². The minimum Gasteiger partial charge on any atom is -0.0851 e. The van der Waals surface area contributed by atoms with Gasteiger partial charge in [0.25, 0.3) is 0 Å². The van der Waals surface area contributed by atoms with Crippen LogP contribution < -0.4 is 0 Å². The molecule has 0 aliphatic heterocycles. The fourth-order valence-corrected chi connectivity index (χ4v) is 5.86. The van der Waals surface area contributed by atoms with Crippen molar-refractivity contribution in [1.82, 2.24) is 0 Å².